The predicted molar refractivity (Wildman–Crippen MR) is 158 cm³/mol. The average Bonchev–Trinajstić information content (AvgIpc) is 2.94. The van der Waals surface area contributed by atoms with Crippen LogP contribution in [0.2, 0.25) is 0 Å². The van der Waals surface area contributed by atoms with Crippen molar-refractivity contribution < 1.29 is 0 Å². The van der Waals surface area contributed by atoms with E-state index in [1.807, 2.05) is 0 Å². The predicted octanol–water partition coefficient (Wildman–Crippen LogP) is 9.73. The molecule has 2 nitrogen and oxygen atoms in total. The molecule has 0 heterocycles. The maximum Gasteiger partial charge on any atom is 0.0709 e. The van der Waals surface area contributed by atoms with Crippen molar-refractivity contribution in [2.75, 3.05) is 10.6 Å². The van der Waals surface area contributed by atoms with Crippen molar-refractivity contribution in [3.05, 3.63) is 107 Å². The van der Waals surface area contributed by atoms with Crippen LogP contribution in [0.3, 0.4) is 0 Å². The van der Waals surface area contributed by atoms with Crippen LogP contribution in [-0.2, 0) is 25.7 Å². The number of hydrogen-bond donors (Lipinski definition) is 2. The van der Waals surface area contributed by atoms with Crippen LogP contribution in [0, 0.1) is 0 Å². The largest absolute Gasteiger partial charge is 0.353 e. The molecule has 5 aromatic rings. The maximum atomic E-state index is 3.98. The molecule has 0 radical (unpaired) electrons. The van der Waals surface area contributed by atoms with E-state index in [1.165, 1.54) is 55.2 Å². The average molecular weight is 473 g/mol. The van der Waals surface area contributed by atoms with Crippen LogP contribution in [0.15, 0.2) is 84.9 Å². The van der Waals surface area contributed by atoms with Crippen LogP contribution in [0.1, 0.15) is 49.9 Å². The number of fused-ring (bicyclic) bond motifs is 3. The van der Waals surface area contributed by atoms with Crippen LogP contribution in [0.5, 0.6) is 0 Å². The van der Waals surface area contributed by atoms with Gasteiger partial charge in [-0.1, -0.05) is 113 Å². The zero-order valence-electron chi connectivity index (χ0n) is 21.9. The van der Waals surface area contributed by atoms with Crippen molar-refractivity contribution in [1.82, 2.24) is 0 Å². The number of rotatable bonds is 8. The Morgan fingerprint density at radius 1 is 0.361 bits per heavy atom. The monoisotopic (exact) mass is 472 g/mol. The van der Waals surface area contributed by atoms with E-state index in [0.29, 0.717) is 0 Å². The zero-order chi connectivity index (χ0) is 25.1. The molecule has 0 saturated heterocycles. The van der Waals surface area contributed by atoms with E-state index >= 15 is 0 Å². The number of hydrogen-bond acceptors (Lipinski definition) is 2. The van der Waals surface area contributed by atoms with E-state index in [1.54, 1.807) is 0 Å². The summed E-state index contributed by atoms with van der Waals surface area (Å²) in [6.45, 7) is 8.95. The van der Waals surface area contributed by atoms with Crippen LogP contribution in [-0.4, -0.2) is 0 Å². The van der Waals surface area contributed by atoms with Gasteiger partial charge in [-0.25, -0.2) is 0 Å². The van der Waals surface area contributed by atoms with Gasteiger partial charge in [0, 0.05) is 22.1 Å². The molecular formula is C34H36N2. The van der Waals surface area contributed by atoms with Gasteiger partial charge >= 0.3 is 0 Å². The summed E-state index contributed by atoms with van der Waals surface area (Å²) in [7, 11) is 0. The lowest BCUT2D eigenvalue weighted by molar-refractivity contribution is 1.09. The SMILES string of the molecule is CCc1cccc(CC)c1Nc1c(Nc2c(CC)cccc2CC)c2ccccc2c2ccccc12. The molecule has 0 spiro atoms. The Kier molecular flexibility index (Phi) is 6.95. The minimum Gasteiger partial charge on any atom is -0.353 e. The number of aryl methyl sites for hydroxylation is 4. The fourth-order valence-electron chi connectivity index (χ4n) is 5.46. The molecule has 0 aliphatic carbocycles. The molecule has 2 heteroatoms. The Morgan fingerprint density at radius 3 is 0.972 bits per heavy atom. The molecule has 0 aliphatic heterocycles. The van der Waals surface area contributed by atoms with Crippen molar-refractivity contribution in [1.29, 1.82) is 0 Å². The van der Waals surface area contributed by atoms with Crippen LogP contribution < -0.4 is 10.6 Å². The Labute approximate surface area is 215 Å². The highest BCUT2D eigenvalue weighted by atomic mass is 15.0. The van der Waals surface area contributed by atoms with Crippen molar-refractivity contribution in [3.8, 4) is 0 Å². The molecule has 0 bridgehead atoms. The van der Waals surface area contributed by atoms with Gasteiger partial charge in [-0.3, -0.25) is 0 Å². The Balaban J connectivity index is 1.84. The fraction of sp³-hybridized carbons (Fsp3) is 0.235. The molecule has 0 aromatic heterocycles. The maximum absolute atomic E-state index is 3.98. The fourth-order valence-corrected chi connectivity index (χ4v) is 5.46. The van der Waals surface area contributed by atoms with Gasteiger partial charge in [0.1, 0.15) is 0 Å². The normalized spacial score (nSPS) is 11.2. The van der Waals surface area contributed by atoms with E-state index in [2.05, 4.69) is 123 Å². The summed E-state index contributed by atoms with van der Waals surface area (Å²) in [5, 5.41) is 13.0. The first kappa shape index (κ1) is 23.9. The smallest absolute Gasteiger partial charge is 0.0709 e. The third-order valence-corrected chi connectivity index (χ3v) is 7.43. The van der Waals surface area contributed by atoms with Gasteiger partial charge in [0.15, 0.2) is 0 Å². The van der Waals surface area contributed by atoms with Crippen LogP contribution in [0.4, 0.5) is 22.7 Å². The van der Waals surface area contributed by atoms with Gasteiger partial charge < -0.3 is 10.6 Å². The molecule has 0 saturated carbocycles. The minimum atomic E-state index is 0.989. The van der Waals surface area contributed by atoms with E-state index in [0.717, 1.165) is 37.1 Å². The molecule has 0 fully saturated rings. The van der Waals surface area contributed by atoms with Crippen molar-refractivity contribution in [2.45, 2.75) is 53.4 Å². The summed E-state index contributed by atoms with van der Waals surface area (Å²) in [6.07, 6.45) is 3.96. The summed E-state index contributed by atoms with van der Waals surface area (Å²) in [4.78, 5) is 0. The molecule has 0 amide bonds. The highest BCUT2D eigenvalue weighted by molar-refractivity contribution is 6.21. The van der Waals surface area contributed by atoms with E-state index in [9.17, 15) is 0 Å². The molecule has 5 aromatic carbocycles. The Bertz CT molecular complexity index is 1370. The molecule has 5 rings (SSSR count). The number of anilines is 4. The van der Waals surface area contributed by atoms with E-state index < -0.39 is 0 Å². The highest BCUT2D eigenvalue weighted by Gasteiger charge is 2.18. The minimum absolute atomic E-state index is 0.989. The van der Waals surface area contributed by atoms with E-state index in [4.69, 9.17) is 0 Å². The third kappa shape index (κ3) is 4.22. The molecule has 36 heavy (non-hydrogen) atoms. The number of para-hydroxylation sites is 2. The lowest BCUT2D eigenvalue weighted by Crippen LogP contribution is -2.06. The first-order chi connectivity index (χ1) is 17.7. The van der Waals surface area contributed by atoms with Gasteiger partial charge in [0.2, 0.25) is 0 Å². The second-order valence-corrected chi connectivity index (χ2v) is 9.41. The molecular weight excluding hydrogens is 436 g/mol. The van der Waals surface area contributed by atoms with Gasteiger partial charge in [-0.05, 0) is 58.7 Å². The molecule has 182 valence electrons. The topological polar surface area (TPSA) is 24.1 Å². The van der Waals surface area contributed by atoms with Gasteiger partial charge in [-0.15, -0.1) is 0 Å². The lowest BCUT2D eigenvalue weighted by atomic mass is 9.95. The Morgan fingerprint density at radius 2 is 0.667 bits per heavy atom. The molecule has 0 unspecified atom stereocenters. The summed E-state index contributed by atoms with van der Waals surface area (Å²) in [5.41, 5.74) is 10.2. The van der Waals surface area contributed by atoms with Crippen LogP contribution in [0.25, 0.3) is 21.5 Å². The Hall–Kier alpha value is -3.78. The zero-order valence-corrected chi connectivity index (χ0v) is 21.9. The summed E-state index contributed by atoms with van der Waals surface area (Å²) < 4.78 is 0. The second kappa shape index (κ2) is 10.5. The summed E-state index contributed by atoms with van der Waals surface area (Å²) in [5.74, 6) is 0. The van der Waals surface area contributed by atoms with Gasteiger partial charge in [0.25, 0.3) is 0 Å². The summed E-state index contributed by atoms with van der Waals surface area (Å²) >= 11 is 0. The van der Waals surface area contributed by atoms with Crippen molar-refractivity contribution >= 4 is 44.3 Å². The first-order valence-corrected chi connectivity index (χ1v) is 13.4. The standard InChI is InChI=1S/C34H36N2/c1-5-23-15-13-16-24(6-2)31(23)35-33-29-21-11-9-19-27(29)28-20-10-12-22-30(28)34(33)36-32-25(7-3)17-14-18-26(32)8-4/h9-22,35-36H,5-8H2,1-4H3. The molecule has 2 N–H and O–H groups in total. The first-order valence-electron chi connectivity index (χ1n) is 13.4. The van der Waals surface area contributed by atoms with Crippen LogP contribution >= 0.6 is 0 Å². The summed E-state index contributed by atoms with van der Waals surface area (Å²) in [6, 6.07) is 31.0. The third-order valence-electron chi connectivity index (χ3n) is 7.43. The number of nitrogens with one attached hydrogen (secondary N) is 2. The number of benzene rings is 5. The van der Waals surface area contributed by atoms with Gasteiger partial charge in [0.05, 0.1) is 11.4 Å². The highest BCUT2D eigenvalue weighted by Crippen LogP contribution is 2.44. The van der Waals surface area contributed by atoms with Crippen molar-refractivity contribution in [3.63, 3.8) is 0 Å². The molecule has 0 aliphatic rings. The lowest BCUT2D eigenvalue weighted by Gasteiger charge is -2.24. The van der Waals surface area contributed by atoms with Gasteiger partial charge in [-0.2, -0.15) is 0 Å². The quantitative estimate of drug-likeness (QED) is 0.173. The molecule has 0 atom stereocenters. The van der Waals surface area contributed by atoms with E-state index in [-0.39, 0.29) is 0 Å². The second-order valence-electron chi connectivity index (χ2n) is 9.41. The van der Waals surface area contributed by atoms with Crippen molar-refractivity contribution in [2.24, 2.45) is 0 Å².